The zero-order valence-corrected chi connectivity index (χ0v) is 12.8. The number of amides is 2. The third-order valence-electron chi connectivity index (χ3n) is 4.45. The van der Waals surface area contributed by atoms with Gasteiger partial charge < -0.3 is 10.2 Å². The third kappa shape index (κ3) is 2.68. The lowest BCUT2D eigenvalue weighted by atomic mass is 9.88. The highest BCUT2D eigenvalue weighted by atomic mass is 32.2. The zero-order valence-electron chi connectivity index (χ0n) is 12.0. The molecule has 2 saturated heterocycles. The molecular weight excluding hydrogens is 280 g/mol. The minimum Gasteiger partial charge on any atom is -0.340 e. The lowest BCUT2D eigenvalue weighted by Gasteiger charge is -2.45. The van der Waals surface area contributed by atoms with Crippen molar-refractivity contribution in [3.63, 3.8) is 0 Å². The van der Waals surface area contributed by atoms with E-state index in [2.05, 4.69) is 5.32 Å². The maximum atomic E-state index is 12.7. The molecule has 0 saturated carbocycles. The molecule has 114 valence electrons. The molecular formula is C13H22N2O4S. The maximum Gasteiger partial charge on any atom is 0.249 e. The number of piperazine rings is 1. The number of hydrogen-bond acceptors (Lipinski definition) is 4. The first-order chi connectivity index (χ1) is 9.33. The first kappa shape index (κ1) is 15.3. The van der Waals surface area contributed by atoms with Crippen molar-refractivity contribution in [3.05, 3.63) is 0 Å². The molecule has 0 aliphatic carbocycles. The molecule has 6 nitrogen and oxygen atoms in total. The molecule has 1 N–H and O–H groups in total. The Morgan fingerprint density at radius 3 is 2.50 bits per heavy atom. The van der Waals surface area contributed by atoms with E-state index in [-0.39, 0.29) is 35.9 Å². The Bertz CT molecular complexity index is 510. The number of carbonyl (C=O) groups excluding carboxylic acids is 2. The van der Waals surface area contributed by atoms with Crippen LogP contribution in [0.2, 0.25) is 0 Å². The van der Waals surface area contributed by atoms with E-state index in [4.69, 9.17) is 0 Å². The topological polar surface area (TPSA) is 83.6 Å². The van der Waals surface area contributed by atoms with Crippen molar-refractivity contribution < 1.29 is 18.0 Å². The summed E-state index contributed by atoms with van der Waals surface area (Å²) in [5.41, 5.74) is -0.865. The summed E-state index contributed by atoms with van der Waals surface area (Å²) >= 11 is 0. The molecule has 2 rings (SSSR count). The zero-order chi connectivity index (χ0) is 15.0. The Morgan fingerprint density at radius 2 is 1.95 bits per heavy atom. The van der Waals surface area contributed by atoms with Gasteiger partial charge in [-0.25, -0.2) is 8.42 Å². The number of sulfone groups is 1. The fourth-order valence-electron chi connectivity index (χ4n) is 3.13. The van der Waals surface area contributed by atoms with Gasteiger partial charge >= 0.3 is 0 Å². The second kappa shape index (κ2) is 5.35. The number of nitrogens with one attached hydrogen (secondary N) is 1. The van der Waals surface area contributed by atoms with Gasteiger partial charge in [0.1, 0.15) is 5.54 Å². The monoisotopic (exact) mass is 302 g/mol. The van der Waals surface area contributed by atoms with E-state index in [0.717, 1.165) is 0 Å². The molecule has 0 spiro atoms. The van der Waals surface area contributed by atoms with Crippen LogP contribution in [0.15, 0.2) is 0 Å². The van der Waals surface area contributed by atoms with Crippen molar-refractivity contribution in [2.24, 2.45) is 0 Å². The van der Waals surface area contributed by atoms with Gasteiger partial charge in [0.25, 0.3) is 0 Å². The highest BCUT2D eigenvalue weighted by molar-refractivity contribution is 7.91. The van der Waals surface area contributed by atoms with Crippen LogP contribution >= 0.6 is 0 Å². The highest BCUT2D eigenvalue weighted by Crippen LogP contribution is 2.27. The van der Waals surface area contributed by atoms with Crippen LogP contribution in [0.5, 0.6) is 0 Å². The number of hydrogen-bond donors (Lipinski definition) is 1. The van der Waals surface area contributed by atoms with Crippen molar-refractivity contribution in [1.29, 1.82) is 0 Å². The molecule has 2 heterocycles. The smallest absolute Gasteiger partial charge is 0.249 e. The van der Waals surface area contributed by atoms with E-state index in [1.165, 1.54) is 4.90 Å². The molecule has 1 unspecified atom stereocenters. The average Bonchev–Trinajstić information content (AvgIpc) is 2.40. The maximum absolute atomic E-state index is 12.7. The summed E-state index contributed by atoms with van der Waals surface area (Å²) in [6.07, 6.45) is 2.25. The first-order valence-corrected chi connectivity index (χ1v) is 8.98. The molecule has 0 aromatic carbocycles. The van der Waals surface area contributed by atoms with E-state index in [0.29, 0.717) is 25.7 Å². The van der Waals surface area contributed by atoms with Gasteiger partial charge in [0.15, 0.2) is 9.84 Å². The predicted octanol–water partition coefficient (Wildman–Crippen LogP) is 0.0808. The first-order valence-electron chi connectivity index (χ1n) is 7.16. The standard InChI is InChI=1S/C13H22N2O4S/c1-3-13(4-2)12(17)15(8-11(16)14-13)10-6-5-7-20(18,19)9-10/h10H,3-9H2,1-2H3,(H,14,16). The lowest BCUT2D eigenvalue weighted by molar-refractivity contribution is -0.152. The van der Waals surface area contributed by atoms with Crippen molar-refractivity contribution in [3.8, 4) is 0 Å². The molecule has 20 heavy (non-hydrogen) atoms. The molecule has 0 aromatic rings. The van der Waals surface area contributed by atoms with Crippen LogP contribution < -0.4 is 5.32 Å². The van der Waals surface area contributed by atoms with Crippen LogP contribution in [0.1, 0.15) is 39.5 Å². The molecule has 0 bridgehead atoms. The van der Waals surface area contributed by atoms with E-state index >= 15 is 0 Å². The summed E-state index contributed by atoms with van der Waals surface area (Å²) in [7, 11) is -3.10. The Kier molecular flexibility index (Phi) is 4.09. The SMILES string of the molecule is CCC1(CC)NC(=O)CN(C2CCCS(=O)(=O)C2)C1=O. The van der Waals surface area contributed by atoms with Gasteiger partial charge in [-0.05, 0) is 25.7 Å². The summed E-state index contributed by atoms with van der Waals surface area (Å²) < 4.78 is 23.5. The van der Waals surface area contributed by atoms with Crippen molar-refractivity contribution in [2.45, 2.75) is 51.1 Å². The van der Waals surface area contributed by atoms with Gasteiger partial charge in [0.2, 0.25) is 11.8 Å². The minimum atomic E-state index is -3.10. The van der Waals surface area contributed by atoms with Crippen LogP contribution in [0.3, 0.4) is 0 Å². The molecule has 1 atom stereocenters. The Hall–Kier alpha value is -1.11. The summed E-state index contributed by atoms with van der Waals surface area (Å²) in [5.74, 6) is -0.166. The molecule has 2 fully saturated rings. The lowest BCUT2D eigenvalue weighted by Crippen LogP contribution is -2.68. The third-order valence-corrected chi connectivity index (χ3v) is 6.25. The number of nitrogens with zero attached hydrogens (tertiary/aromatic N) is 1. The molecule has 0 aromatic heterocycles. The van der Waals surface area contributed by atoms with E-state index in [9.17, 15) is 18.0 Å². The van der Waals surface area contributed by atoms with Gasteiger partial charge in [-0.1, -0.05) is 13.8 Å². The van der Waals surface area contributed by atoms with Gasteiger partial charge in [0.05, 0.1) is 18.1 Å². The van der Waals surface area contributed by atoms with E-state index in [1.807, 2.05) is 13.8 Å². The number of carbonyl (C=O) groups is 2. The molecule has 0 radical (unpaired) electrons. The Labute approximate surface area is 119 Å². The van der Waals surface area contributed by atoms with Crippen molar-refractivity contribution in [2.75, 3.05) is 18.1 Å². The van der Waals surface area contributed by atoms with Crippen LogP contribution in [-0.4, -0.2) is 54.8 Å². The van der Waals surface area contributed by atoms with Gasteiger partial charge in [-0.3, -0.25) is 9.59 Å². The van der Waals surface area contributed by atoms with E-state index < -0.39 is 15.4 Å². The number of rotatable bonds is 3. The fourth-order valence-corrected chi connectivity index (χ4v) is 4.84. The van der Waals surface area contributed by atoms with Gasteiger partial charge in [-0.2, -0.15) is 0 Å². The highest BCUT2D eigenvalue weighted by Gasteiger charge is 2.47. The predicted molar refractivity (Wildman–Crippen MR) is 74.8 cm³/mol. The van der Waals surface area contributed by atoms with Gasteiger partial charge in [0, 0.05) is 6.04 Å². The van der Waals surface area contributed by atoms with Crippen molar-refractivity contribution >= 4 is 21.7 Å². The van der Waals surface area contributed by atoms with Crippen LogP contribution in [0.25, 0.3) is 0 Å². The van der Waals surface area contributed by atoms with Crippen molar-refractivity contribution in [1.82, 2.24) is 10.2 Å². The quantitative estimate of drug-likeness (QED) is 0.800. The molecule has 2 amide bonds. The summed E-state index contributed by atoms with van der Waals surface area (Å²) in [6, 6.07) is -0.357. The molecule has 2 aliphatic heterocycles. The fraction of sp³-hybridized carbons (Fsp3) is 0.846. The van der Waals surface area contributed by atoms with Crippen LogP contribution in [0.4, 0.5) is 0 Å². The average molecular weight is 302 g/mol. The largest absolute Gasteiger partial charge is 0.340 e. The Balaban J connectivity index is 2.26. The van der Waals surface area contributed by atoms with Crippen LogP contribution in [-0.2, 0) is 19.4 Å². The Morgan fingerprint density at radius 1 is 1.30 bits per heavy atom. The van der Waals surface area contributed by atoms with Gasteiger partial charge in [-0.15, -0.1) is 0 Å². The molecule has 2 aliphatic rings. The summed E-state index contributed by atoms with van der Waals surface area (Å²) in [4.78, 5) is 26.1. The summed E-state index contributed by atoms with van der Waals surface area (Å²) in [5, 5.41) is 2.79. The second-order valence-electron chi connectivity index (χ2n) is 5.68. The normalized spacial score (nSPS) is 29.1. The molecule has 7 heteroatoms. The van der Waals surface area contributed by atoms with E-state index in [1.54, 1.807) is 0 Å². The second-order valence-corrected chi connectivity index (χ2v) is 7.91. The minimum absolute atomic E-state index is 0.0183. The van der Waals surface area contributed by atoms with Crippen LogP contribution in [0, 0.1) is 0 Å². The summed E-state index contributed by atoms with van der Waals surface area (Å²) in [6.45, 7) is 3.70.